The Balaban J connectivity index is 2.13. The lowest BCUT2D eigenvalue weighted by molar-refractivity contribution is -0.239. The van der Waals surface area contributed by atoms with E-state index in [-0.39, 0.29) is 5.75 Å². The highest BCUT2D eigenvalue weighted by Crippen LogP contribution is 2.43. The number of ether oxygens (including phenoxy) is 7. The highest BCUT2D eigenvalue weighted by atomic mass is 16.6. The van der Waals surface area contributed by atoms with Crippen molar-refractivity contribution in [1.82, 2.24) is 4.90 Å². The minimum Gasteiger partial charge on any atom is -0.467 e. The fraction of sp³-hybridized carbons (Fsp3) is 0.519. The molecule has 42 heavy (non-hydrogen) atoms. The normalized spacial score (nSPS) is 24.3. The van der Waals surface area contributed by atoms with E-state index in [2.05, 4.69) is 0 Å². The van der Waals surface area contributed by atoms with Crippen LogP contribution in [0.25, 0.3) is 0 Å². The van der Waals surface area contributed by atoms with Crippen molar-refractivity contribution in [2.75, 3.05) is 13.7 Å². The van der Waals surface area contributed by atoms with Gasteiger partial charge in [0.15, 0.2) is 17.8 Å². The Morgan fingerprint density at radius 2 is 1.62 bits per heavy atom. The number of rotatable bonds is 10. The van der Waals surface area contributed by atoms with Crippen LogP contribution in [0.1, 0.15) is 40.5 Å². The van der Waals surface area contributed by atoms with Gasteiger partial charge in [0.05, 0.1) is 13.5 Å². The fourth-order valence-corrected chi connectivity index (χ4v) is 4.92. The van der Waals surface area contributed by atoms with Crippen LogP contribution >= 0.6 is 0 Å². The zero-order chi connectivity index (χ0) is 31.2. The number of benzene rings is 1. The first-order valence-electron chi connectivity index (χ1n) is 12.8. The molecule has 2 aliphatic rings. The molecule has 2 heterocycles. The Labute approximate surface area is 240 Å². The summed E-state index contributed by atoms with van der Waals surface area (Å²) < 4.78 is 37.7. The number of carbonyl (C=O) groups is 7. The summed E-state index contributed by atoms with van der Waals surface area (Å²) in [7, 11) is 1.03. The van der Waals surface area contributed by atoms with Crippen molar-refractivity contribution in [3.05, 3.63) is 30.3 Å². The van der Waals surface area contributed by atoms with E-state index in [1.807, 2.05) is 0 Å². The lowest BCUT2D eigenvalue weighted by Gasteiger charge is -2.47. The van der Waals surface area contributed by atoms with Crippen molar-refractivity contribution >= 4 is 41.8 Å². The van der Waals surface area contributed by atoms with Gasteiger partial charge in [0.2, 0.25) is 5.91 Å². The van der Waals surface area contributed by atoms with Crippen LogP contribution < -0.4 is 4.74 Å². The lowest BCUT2D eigenvalue weighted by Crippen LogP contribution is -2.66. The van der Waals surface area contributed by atoms with Crippen LogP contribution in [0.3, 0.4) is 0 Å². The van der Waals surface area contributed by atoms with E-state index in [1.54, 1.807) is 18.2 Å². The van der Waals surface area contributed by atoms with Crippen LogP contribution in [0.15, 0.2) is 30.3 Å². The number of imide groups is 1. The monoisotopic (exact) mass is 593 g/mol. The van der Waals surface area contributed by atoms with Crippen molar-refractivity contribution in [1.29, 1.82) is 0 Å². The van der Waals surface area contributed by atoms with Gasteiger partial charge < -0.3 is 33.2 Å². The topological polar surface area (TPSA) is 187 Å². The van der Waals surface area contributed by atoms with Gasteiger partial charge in [-0.2, -0.15) is 0 Å². The van der Waals surface area contributed by atoms with Gasteiger partial charge >= 0.3 is 35.9 Å². The van der Waals surface area contributed by atoms with Gasteiger partial charge in [-0.15, -0.1) is 0 Å². The number of hydrogen-bond donors (Lipinski definition) is 0. The molecule has 0 radical (unpaired) electrons. The van der Waals surface area contributed by atoms with Gasteiger partial charge in [-0.3, -0.25) is 24.0 Å². The summed E-state index contributed by atoms with van der Waals surface area (Å²) in [5.74, 6) is -5.18. The van der Waals surface area contributed by atoms with Crippen LogP contribution in [0, 0.1) is 0 Å². The summed E-state index contributed by atoms with van der Waals surface area (Å²) in [6.45, 7) is 3.58. The molecule has 0 N–H and O–H groups in total. The maximum Gasteiger partial charge on any atom is 0.417 e. The first-order valence-corrected chi connectivity index (χ1v) is 12.8. The molecule has 2 fully saturated rings. The number of fused-ring (bicyclic) bond motifs is 1. The molecule has 1 aromatic carbocycles. The molecular weight excluding hydrogens is 562 g/mol. The summed E-state index contributed by atoms with van der Waals surface area (Å²) >= 11 is 0. The van der Waals surface area contributed by atoms with Crippen LogP contribution in [0.5, 0.6) is 5.75 Å². The number of para-hydroxylation sites is 1. The molecule has 0 bridgehead atoms. The number of esters is 5. The van der Waals surface area contributed by atoms with Crippen molar-refractivity contribution in [3.63, 3.8) is 0 Å². The molecule has 0 spiro atoms. The Morgan fingerprint density at radius 1 is 0.976 bits per heavy atom. The largest absolute Gasteiger partial charge is 0.467 e. The molecule has 0 aromatic heterocycles. The van der Waals surface area contributed by atoms with Crippen molar-refractivity contribution in [2.45, 2.75) is 76.6 Å². The predicted octanol–water partition coefficient (Wildman–Crippen LogP) is 0.845. The van der Waals surface area contributed by atoms with Gasteiger partial charge in [-0.05, 0) is 12.1 Å². The van der Waals surface area contributed by atoms with Gasteiger partial charge in [0.1, 0.15) is 30.6 Å². The zero-order valence-electron chi connectivity index (χ0n) is 23.6. The molecule has 2 amide bonds. The first kappa shape index (κ1) is 32.0. The number of methoxy groups -OCH3 is 1. The smallest absolute Gasteiger partial charge is 0.417 e. The van der Waals surface area contributed by atoms with E-state index < -0.39 is 97.4 Å². The standard InChI is InChI=1S/C27H31NO14/c1-14(29)28-22-19(41-26(28)35)11-27(25(34)36-5,12-21(33)40-18-9-7-6-8-10-18)42-24(22)23(39-17(4)32)20(38-16(3)31)13-37-15(2)30/h6-10,19-20,22-24H,11-13H2,1-5H3/t19-,20+,22+,23+,24+,27-/m0/s1. The van der Waals surface area contributed by atoms with E-state index in [4.69, 9.17) is 33.2 Å². The van der Waals surface area contributed by atoms with Crippen LogP contribution in [0.4, 0.5) is 4.79 Å². The molecule has 0 aliphatic carbocycles. The minimum absolute atomic E-state index is 0.164. The SMILES string of the molecule is COC(=O)[C@@]1(CC(=O)Oc2ccccc2)C[C@@H]2OC(=O)N(C(C)=O)[C@H]2[C@H]([C@H](OC(C)=O)[C@@H](COC(C)=O)OC(C)=O)O1. The predicted molar refractivity (Wildman–Crippen MR) is 135 cm³/mol. The second-order valence-corrected chi connectivity index (χ2v) is 9.56. The van der Waals surface area contributed by atoms with Crippen molar-refractivity contribution < 1.29 is 66.7 Å². The van der Waals surface area contributed by atoms with E-state index in [9.17, 15) is 33.6 Å². The maximum atomic E-state index is 13.3. The van der Waals surface area contributed by atoms with E-state index >= 15 is 0 Å². The molecule has 15 nitrogen and oxygen atoms in total. The van der Waals surface area contributed by atoms with Gasteiger partial charge in [0, 0.05) is 34.1 Å². The third kappa shape index (κ3) is 7.40. The molecular formula is C27H31NO14. The quantitative estimate of drug-likeness (QED) is 0.211. The summed E-state index contributed by atoms with van der Waals surface area (Å²) in [6, 6.07) is 6.60. The van der Waals surface area contributed by atoms with Gasteiger partial charge in [0.25, 0.3) is 0 Å². The Hall–Kier alpha value is -4.53. The Bertz CT molecular complexity index is 1230. The number of amides is 2. The second-order valence-electron chi connectivity index (χ2n) is 9.56. The number of hydrogen-bond acceptors (Lipinski definition) is 14. The summed E-state index contributed by atoms with van der Waals surface area (Å²) in [5, 5.41) is 0. The molecule has 3 rings (SSSR count). The Kier molecular flexibility index (Phi) is 10.2. The fourth-order valence-electron chi connectivity index (χ4n) is 4.92. The molecule has 0 saturated carbocycles. The molecule has 2 saturated heterocycles. The molecule has 0 unspecified atom stereocenters. The summed E-state index contributed by atoms with van der Waals surface area (Å²) in [4.78, 5) is 88.2. The van der Waals surface area contributed by atoms with Crippen molar-refractivity contribution in [3.8, 4) is 5.75 Å². The van der Waals surface area contributed by atoms with E-state index in [0.29, 0.717) is 4.90 Å². The van der Waals surface area contributed by atoms with Gasteiger partial charge in [-0.25, -0.2) is 14.5 Å². The van der Waals surface area contributed by atoms with E-state index in [0.717, 1.165) is 34.8 Å². The van der Waals surface area contributed by atoms with E-state index in [1.165, 1.54) is 12.1 Å². The number of carbonyl (C=O) groups excluding carboxylic acids is 7. The van der Waals surface area contributed by atoms with Gasteiger partial charge in [-0.1, -0.05) is 18.2 Å². The molecule has 15 heteroatoms. The highest BCUT2D eigenvalue weighted by molar-refractivity contribution is 5.93. The maximum absolute atomic E-state index is 13.3. The summed E-state index contributed by atoms with van der Waals surface area (Å²) in [6.07, 6.45) is -8.50. The lowest BCUT2D eigenvalue weighted by atomic mass is 9.81. The molecule has 228 valence electrons. The highest BCUT2D eigenvalue weighted by Gasteiger charge is 2.64. The Morgan fingerprint density at radius 3 is 2.17 bits per heavy atom. The molecule has 6 atom stereocenters. The molecule has 1 aromatic rings. The summed E-state index contributed by atoms with van der Waals surface area (Å²) in [5.41, 5.74) is -2.19. The van der Waals surface area contributed by atoms with Crippen LogP contribution in [0.2, 0.25) is 0 Å². The number of nitrogens with zero attached hydrogens (tertiary/aromatic N) is 1. The second kappa shape index (κ2) is 13.4. The average Bonchev–Trinajstić information content (AvgIpc) is 3.24. The third-order valence-electron chi connectivity index (χ3n) is 6.42. The minimum atomic E-state index is -2.19. The zero-order valence-corrected chi connectivity index (χ0v) is 23.6. The molecule has 2 aliphatic heterocycles. The van der Waals surface area contributed by atoms with Crippen LogP contribution in [-0.2, 0) is 57.2 Å². The van der Waals surface area contributed by atoms with Crippen LogP contribution in [-0.4, -0.2) is 96.5 Å². The average molecular weight is 594 g/mol. The van der Waals surface area contributed by atoms with Crippen molar-refractivity contribution in [2.24, 2.45) is 0 Å². The first-order chi connectivity index (χ1) is 19.8. The third-order valence-corrected chi connectivity index (χ3v) is 6.42.